The van der Waals surface area contributed by atoms with Crippen LogP contribution in [0.1, 0.15) is 26.2 Å². The van der Waals surface area contributed by atoms with E-state index in [1.54, 1.807) is 9.80 Å². The van der Waals surface area contributed by atoms with Crippen LogP contribution in [0.5, 0.6) is 0 Å². The number of nitrogens with two attached hydrogens (primary N) is 1. The van der Waals surface area contributed by atoms with Crippen molar-refractivity contribution >= 4 is 23.5 Å². The number of piperazine rings is 1. The zero-order valence-corrected chi connectivity index (χ0v) is 17.2. The molecule has 0 radical (unpaired) electrons. The van der Waals surface area contributed by atoms with Crippen LogP contribution in [-0.4, -0.2) is 48.4 Å². The van der Waals surface area contributed by atoms with Gasteiger partial charge in [0.25, 0.3) is 0 Å². The van der Waals surface area contributed by atoms with Crippen molar-refractivity contribution in [2.75, 3.05) is 24.5 Å². The number of rotatable bonds is 7. The summed E-state index contributed by atoms with van der Waals surface area (Å²) < 4.78 is 0. The number of primary amides is 1. The average Bonchev–Trinajstić information content (AvgIpc) is 2.77. The highest BCUT2D eigenvalue weighted by molar-refractivity contribution is 5.99. The summed E-state index contributed by atoms with van der Waals surface area (Å²) in [5.41, 5.74) is 8.02. The summed E-state index contributed by atoms with van der Waals surface area (Å²) in [4.78, 5) is 39.8. The Morgan fingerprint density at radius 3 is 2.53 bits per heavy atom. The van der Waals surface area contributed by atoms with Crippen LogP contribution in [0.2, 0.25) is 0 Å². The fourth-order valence-electron chi connectivity index (χ4n) is 3.75. The number of carbonyl (C=O) groups excluding carboxylic acids is 3. The number of urea groups is 1. The molecule has 158 valence electrons. The van der Waals surface area contributed by atoms with E-state index < -0.39 is 6.03 Å². The third-order valence-electron chi connectivity index (χ3n) is 5.33. The first-order valence-corrected chi connectivity index (χ1v) is 10.3. The zero-order chi connectivity index (χ0) is 21.5. The molecule has 4 amide bonds. The Morgan fingerprint density at radius 1 is 1.10 bits per heavy atom. The highest BCUT2D eigenvalue weighted by Crippen LogP contribution is 2.27. The van der Waals surface area contributed by atoms with Gasteiger partial charge in [0.1, 0.15) is 6.54 Å². The molecule has 0 spiro atoms. The summed E-state index contributed by atoms with van der Waals surface area (Å²) in [6.45, 7) is 2.31. The summed E-state index contributed by atoms with van der Waals surface area (Å²) in [6, 6.07) is 17.0. The normalized spacial score (nSPS) is 16.4. The molecule has 1 fully saturated rings. The van der Waals surface area contributed by atoms with Crippen LogP contribution in [0, 0.1) is 0 Å². The summed E-state index contributed by atoms with van der Waals surface area (Å²) in [7, 11) is 0. The molecule has 0 aromatic heterocycles. The van der Waals surface area contributed by atoms with E-state index >= 15 is 0 Å². The number of unbranched alkanes of at least 4 members (excludes halogenated alkanes) is 1. The first-order chi connectivity index (χ1) is 14.5. The lowest BCUT2D eigenvalue weighted by atomic mass is 10.0. The van der Waals surface area contributed by atoms with E-state index in [-0.39, 0.29) is 30.9 Å². The third kappa shape index (κ3) is 5.17. The van der Waals surface area contributed by atoms with Crippen molar-refractivity contribution in [1.29, 1.82) is 0 Å². The molecule has 7 nitrogen and oxygen atoms in total. The number of benzene rings is 2. The largest absolute Gasteiger partial charge is 0.352 e. The molecule has 3 rings (SSSR count). The second kappa shape index (κ2) is 9.91. The van der Waals surface area contributed by atoms with E-state index in [0.717, 1.165) is 36.1 Å². The van der Waals surface area contributed by atoms with Crippen molar-refractivity contribution in [1.82, 2.24) is 10.2 Å². The monoisotopic (exact) mass is 408 g/mol. The van der Waals surface area contributed by atoms with Crippen LogP contribution in [0.4, 0.5) is 10.5 Å². The number of hydrogen-bond donors (Lipinski definition) is 2. The lowest BCUT2D eigenvalue weighted by Crippen LogP contribution is -2.59. The van der Waals surface area contributed by atoms with Gasteiger partial charge in [-0.25, -0.2) is 4.79 Å². The minimum Gasteiger partial charge on any atom is -0.352 e. The fraction of sp³-hybridized carbons (Fsp3) is 0.348. The Morgan fingerprint density at radius 2 is 1.83 bits per heavy atom. The van der Waals surface area contributed by atoms with Gasteiger partial charge >= 0.3 is 6.03 Å². The minimum absolute atomic E-state index is 0.0107. The van der Waals surface area contributed by atoms with Gasteiger partial charge in [-0.15, -0.1) is 0 Å². The highest BCUT2D eigenvalue weighted by Gasteiger charge is 2.35. The number of amides is 4. The van der Waals surface area contributed by atoms with E-state index in [4.69, 9.17) is 5.73 Å². The molecule has 0 bridgehead atoms. The molecule has 30 heavy (non-hydrogen) atoms. The van der Waals surface area contributed by atoms with Crippen molar-refractivity contribution in [3.05, 3.63) is 54.6 Å². The zero-order valence-electron chi connectivity index (χ0n) is 17.2. The molecular weight excluding hydrogens is 380 g/mol. The molecule has 1 aliphatic rings. The minimum atomic E-state index is -0.754. The van der Waals surface area contributed by atoms with Crippen molar-refractivity contribution in [2.24, 2.45) is 5.73 Å². The summed E-state index contributed by atoms with van der Waals surface area (Å²) in [6.07, 6.45) is 2.74. The second-order valence-corrected chi connectivity index (χ2v) is 7.46. The van der Waals surface area contributed by atoms with Crippen molar-refractivity contribution in [3.63, 3.8) is 0 Å². The lowest BCUT2D eigenvalue weighted by Gasteiger charge is -2.41. The molecule has 7 heteroatoms. The summed E-state index contributed by atoms with van der Waals surface area (Å²) >= 11 is 0. The van der Waals surface area contributed by atoms with Crippen LogP contribution in [0.15, 0.2) is 54.6 Å². The first kappa shape index (κ1) is 21.4. The molecule has 2 aromatic carbocycles. The van der Waals surface area contributed by atoms with E-state index in [0.29, 0.717) is 6.54 Å². The SMILES string of the molecule is CCCC[C@H]1CN(c2cccc(-c3ccccc3)c2)C(=O)CN1C(=O)CNC(N)=O. The molecule has 1 saturated heterocycles. The van der Waals surface area contributed by atoms with Gasteiger partial charge in [0.15, 0.2) is 0 Å². The van der Waals surface area contributed by atoms with Gasteiger partial charge in [0.2, 0.25) is 11.8 Å². The maximum atomic E-state index is 12.9. The van der Waals surface area contributed by atoms with Gasteiger partial charge < -0.3 is 20.9 Å². The predicted octanol–water partition coefficient (Wildman–Crippen LogP) is 2.76. The molecule has 0 aliphatic carbocycles. The molecule has 1 atom stereocenters. The van der Waals surface area contributed by atoms with Crippen molar-refractivity contribution < 1.29 is 14.4 Å². The number of carbonyl (C=O) groups is 3. The van der Waals surface area contributed by atoms with Gasteiger partial charge in [-0.05, 0) is 29.7 Å². The van der Waals surface area contributed by atoms with Crippen molar-refractivity contribution in [2.45, 2.75) is 32.2 Å². The Bertz CT molecular complexity index is 900. The Hall–Kier alpha value is -3.35. The Balaban J connectivity index is 1.81. The van der Waals surface area contributed by atoms with Gasteiger partial charge in [-0.2, -0.15) is 0 Å². The Labute approximate surface area is 176 Å². The first-order valence-electron chi connectivity index (χ1n) is 10.3. The highest BCUT2D eigenvalue weighted by atomic mass is 16.2. The predicted molar refractivity (Wildman–Crippen MR) is 117 cm³/mol. The van der Waals surface area contributed by atoms with Gasteiger partial charge in [-0.3, -0.25) is 9.59 Å². The maximum absolute atomic E-state index is 12.9. The molecule has 1 aliphatic heterocycles. The molecule has 0 unspecified atom stereocenters. The maximum Gasteiger partial charge on any atom is 0.312 e. The van der Waals surface area contributed by atoms with Crippen molar-refractivity contribution in [3.8, 4) is 11.1 Å². The van der Waals surface area contributed by atoms with Gasteiger partial charge in [-0.1, -0.05) is 62.2 Å². The van der Waals surface area contributed by atoms with Crippen LogP contribution in [-0.2, 0) is 9.59 Å². The number of nitrogens with zero attached hydrogens (tertiary/aromatic N) is 2. The molecule has 2 aromatic rings. The molecule has 0 saturated carbocycles. The van der Waals surface area contributed by atoms with Gasteiger partial charge in [0, 0.05) is 12.2 Å². The third-order valence-corrected chi connectivity index (χ3v) is 5.33. The van der Waals surface area contributed by atoms with Crippen LogP contribution in [0.25, 0.3) is 11.1 Å². The number of nitrogens with one attached hydrogen (secondary N) is 1. The quantitative estimate of drug-likeness (QED) is 0.737. The molecule has 1 heterocycles. The number of anilines is 1. The van der Waals surface area contributed by atoms with Crippen LogP contribution < -0.4 is 16.0 Å². The standard InChI is InChI=1S/C23H28N4O3/c1-2-3-11-20-15-26(22(29)16-27(20)21(28)14-25-23(24)30)19-12-7-10-18(13-19)17-8-5-4-6-9-17/h4-10,12-13,20H,2-3,11,14-16H2,1H3,(H3,24,25,30)/t20-/m0/s1. The Kier molecular flexibility index (Phi) is 7.06. The van der Waals surface area contributed by atoms with Crippen LogP contribution >= 0.6 is 0 Å². The summed E-state index contributed by atoms with van der Waals surface area (Å²) in [5, 5.41) is 2.33. The molecular formula is C23H28N4O3. The van der Waals surface area contributed by atoms with E-state index in [1.165, 1.54) is 0 Å². The van der Waals surface area contributed by atoms with E-state index in [1.807, 2.05) is 54.6 Å². The smallest absolute Gasteiger partial charge is 0.312 e. The van der Waals surface area contributed by atoms with E-state index in [9.17, 15) is 14.4 Å². The average molecular weight is 409 g/mol. The second-order valence-electron chi connectivity index (χ2n) is 7.46. The lowest BCUT2D eigenvalue weighted by molar-refractivity contribution is -0.139. The molecule has 3 N–H and O–H groups in total. The van der Waals surface area contributed by atoms with Gasteiger partial charge in [0.05, 0.1) is 12.6 Å². The van der Waals surface area contributed by atoms with Crippen LogP contribution in [0.3, 0.4) is 0 Å². The van der Waals surface area contributed by atoms with E-state index in [2.05, 4.69) is 12.2 Å². The fourth-order valence-corrected chi connectivity index (χ4v) is 3.75. The number of hydrogen-bond acceptors (Lipinski definition) is 3. The summed E-state index contributed by atoms with van der Waals surface area (Å²) in [5.74, 6) is -0.429. The topological polar surface area (TPSA) is 95.7 Å².